The van der Waals surface area contributed by atoms with E-state index in [1.807, 2.05) is 0 Å². The van der Waals surface area contributed by atoms with E-state index < -0.39 is 5.97 Å². The van der Waals surface area contributed by atoms with Crippen molar-refractivity contribution in [3.05, 3.63) is 0 Å². The van der Waals surface area contributed by atoms with Crippen LogP contribution in [0.2, 0.25) is 0 Å². The number of aliphatic carboxylic acids is 1. The predicted octanol–water partition coefficient (Wildman–Crippen LogP) is 1.91. The highest BCUT2D eigenvalue weighted by molar-refractivity contribution is 5.66. The standard InChI is InChI=1S/C15H28N2O2/c1-13-3-2-4-14(11-13)12-17-9-7-16(8-10-17)6-5-15(18)19/h13-14H,2-12H2,1H3,(H,18,19). The molecule has 2 fully saturated rings. The van der Waals surface area contributed by atoms with Crippen LogP contribution in [0.3, 0.4) is 0 Å². The summed E-state index contributed by atoms with van der Waals surface area (Å²) in [6.07, 6.45) is 5.91. The topological polar surface area (TPSA) is 43.8 Å². The molecule has 1 N–H and O–H groups in total. The fourth-order valence-electron chi connectivity index (χ4n) is 3.54. The Morgan fingerprint density at radius 3 is 2.47 bits per heavy atom. The first kappa shape index (κ1) is 14.8. The summed E-state index contributed by atoms with van der Waals surface area (Å²) in [7, 11) is 0. The lowest BCUT2D eigenvalue weighted by molar-refractivity contribution is -0.137. The highest BCUT2D eigenvalue weighted by atomic mass is 16.4. The van der Waals surface area contributed by atoms with Crippen LogP contribution in [0.5, 0.6) is 0 Å². The molecule has 1 aliphatic heterocycles. The Bertz CT molecular complexity index is 288. The molecular weight excluding hydrogens is 240 g/mol. The van der Waals surface area contributed by atoms with Gasteiger partial charge in [0.05, 0.1) is 6.42 Å². The molecule has 1 heterocycles. The number of carbonyl (C=O) groups is 1. The molecule has 0 radical (unpaired) electrons. The van der Waals surface area contributed by atoms with E-state index in [1.54, 1.807) is 0 Å². The van der Waals surface area contributed by atoms with Crippen molar-refractivity contribution in [1.82, 2.24) is 9.80 Å². The Hall–Kier alpha value is -0.610. The van der Waals surface area contributed by atoms with Crippen LogP contribution in [0.4, 0.5) is 0 Å². The van der Waals surface area contributed by atoms with Crippen molar-refractivity contribution in [3.63, 3.8) is 0 Å². The van der Waals surface area contributed by atoms with Gasteiger partial charge in [-0.25, -0.2) is 0 Å². The fraction of sp³-hybridized carbons (Fsp3) is 0.933. The molecule has 0 aromatic carbocycles. The summed E-state index contributed by atoms with van der Waals surface area (Å²) in [5.74, 6) is 1.13. The van der Waals surface area contributed by atoms with E-state index in [1.165, 1.54) is 32.2 Å². The van der Waals surface area contributed by atoms with Crippen molar-refractivity contribution in [1.29, 1.82) is 0 Å². The molecule has 0 amide bonds. The van der Waals surface area contributed by atoms with Gasteiger partial charge in [-0.3, -0.25) is 4.79 Å². The van der Waals surface area contributed by atoms with Crippen LogP contribution in [0, 0.1) is 11.8 Å². The van der Waals surface area contributed by atoms with E-state index >= 15 is 0 Å². The zero-order valence-electron chi connectivity index (χ0n) is 12.2. The van der Waals surface area contributed by atoms with Gasteiger partial charge in [-0.2, -0.15) is 0 Å². The molecule has 1 saturated carbocycles. The lowest BCUT2D eigenvalue weighted by atomic mass is 9.82. The van der Waals surface area contributed by atoms with Crippen molar-refractivity contribution in [3.8, 4) is 0 Å². The summed E-state index contributed by atoms with van der Waals surface area (Å²) in [5, 5.41) is 8.70. The molecule has 2 atom stereocenters. The largest absolute Gasteiger partial charge is 0.481 e. The molecule has 4 heteroatoms. The Balaban J connectivity index is 1.64. The Kier molecular flexibility index (Phi) is 5.64. The van der Waals surface area contributed by atoms with Gasteiger partial charge >= 0.3 is 5.97 Å². The average molecular weight is 268 g/mol. The third-order valence-corrected chi connectivity index (χ3v) is 4.67. The van der Waals surface area contributed by atoms with E-state index in [0.29, 0.717) is 6.54 Å². The van der Waals surface area contributed by atoms with Gasteiger partial charge in [0.25, 0.3) is 0 Å². The molecule has 19 heavy (non-hydrogen) atoms. The van der Waals surface area contributed by atoms with Gasteiger partial charge < -0.3 is 14.9 Å². The lowest BCUT2D eigenvalue weighted by Gasteiger charge is -2.37. The van der Waals surface area contributed by atoms with Crippen molar-refractivity contribution >= 4 is 5.97 Å². The molecule has 2 rings (SSSR count). The maximum atomic E-state index is 10.6. The Labute approximate surface area is 116 Å². The van der Waals surface area contributed by atoms with Gasteiger partial charge in [-0.05, 0) is 24.7 Å². The normalized spacial score (nSPS) is 30.4. The number of nitrogens with zero attached hydrogens (tertiary/aromatic N) is 2. The molecular formula is C15H28N2O2. The quantitative estimate of drug-likeness (QED) is 0.827. The SMILES string of the molecule is CC1CCCC(CN2CCN(CCC(=O)O)CC2)C1. The first-order valence-electron chi connectivity index (χ1n) is 7.80. The number of carboxylic acid groups (broad SMARTS) is 1. The summed E-state index contributed by atoms with van der Waals surface area (Å²) in [5.41, 5.74) is 0. The van der Waals surface area contributed by atoms with Crippen LogP contribution in [0.25, 0.3) is 0 Å². The van der Waals surface area contributed by atoms with Gasteiger partial charge in [0.2, 0.25) is 0 Å². The Morgan fingerprint density at radius 1 is 1.16 bits per heavy atom. The summed E-state index contributed by atoms with van der Waals surface area (Å²) in [4.78, 5) is 15.4. The number of hydrogen-bond acceptors (Lipinski definition) is 3. The van der Waals surface area contributed by atoms with Crippen LogP contribution in [0.15, 0.2) is 0 Å². The van der Waals surface area contributed by atoms with Gasteiger partial charge in [0.1, 0.15) is 0 Å². The van der Waals surface area contributed by atoms with E-state index in [9.17, 15) is 4.79 Å². The third kappa shape index (κ3) is 5.11. The van der Waals surface area contributed by atoms with Crippen LogP contribution in [-0.4, -0.2) is 60.1 Å². The maximum absolute atomic E-state index is 10.6. The molecule has 1 aliphatic carbocycles. The van der Waals surface area contributed by atoms with Gasteiger partial charge in [0.15, 0.2) is 0 Å². The van der Waals surface area contributed by atoms with Crippen molar-refractivity contribution in [2.24, 2.45) is 11.8 Å². The van der Waals surface area contributed by atoms with Gasteiger partial charge in [-0.1, -0.05) is 19.8 Å². The predicted molar refractivity (Wildman–Crippen MR) is 76.3 cm³/mol. The molecule has 2 unspecified atom stereocenters. The number of carboxylic acids is 1. The number of rotatable bonds is 5. The lowest BCUT2D eigenvalue weighted by Crippen LogP contribution is -2.48. The first-order chi connectivity index (χ1) is 9.13. The zero-order chi connectivity index (χ0) is 13.7. The second kappa shape index (κ2) is 7.25. The van der Waals surface area contributed by atoms with Gasteiger partial charge in [-0.15, -0.1) is 0 Å². The molecule has 0 spiro atoms. The molecule has 110 valence electrons. The van der Waals surface area contributed by atoms with Crippen LogP contribution in [0.1, 0.15) is 39.0 Å². The maximum Gasteiger partial charge on any atom is 0.304 e. The monoisotopic (exact) mass is 268 g/mol. The fourth-order valence-corrected chi connectivity index (χ4v) is 3.54. The van der Waals surface area contributed by atoms with E-state index in [2.05, 4.69) is 16.7 Å². The molecule has 4 nitrogen and oxygen atoms in total. The summed E-state index contributed by atoms with van der Waals surface area (Å²) >= 11 is 0. The first-order valence-corrected chi connectivity index (χ1v) is 7.80. The second-order valence-corrected chi connectivity index (χ2v) is 6.42. The van der Waals surface area contributed by atoms with Crippen LogP contribution < -0.4 is 0 Å². The highest BCUT2D eigenvalue weighted by Crippen LogP contribution is 2.29. The third-order valence-electron chi connectivity index (χ3n) is 4.67. The average Bonchev–Trinajstić information content (AvgIpc) is 2.38. The molecule has 0 aromatic rings. The van der Waals surface area contributed by atoms with Crippen molar-refractivity contribution < 1.29 is 9.90 Å². The summed E-state index contributed by atoms with van der Waals surface area (Å²) in [6, 6.07) is 0. The van der Waals surface area contributed by atoms with E-state index in [4.69, 9.17) is 5.11 Å². The van der Waals surface area contributed by atoms with E-state index in [0.717, 1.165) is 38.0 Å². The number of hydrogen-bond donors (Lipinski definition) is 1. The van der Waals surface area contributed by atoms with E-state index in [-0.39, 0.29) is 6.42 Å². The highest BCUT2D eigenvalue weighted by Gasteiger charge is 2.23. The van der Waals surface area contributed by atoms with Crippen LogP contribution in [-0.2, 0) is 4.79 Å². The molecule has 0 aromatic heterocycles. The molecule has 0 bridgehead atoms. The molecule has 1 saturated heterocycles. The molecule has 2 aliphatic rings. The summed E-state index contributed by atoms with van der Waals surface area (Å²) in [6.45, 7) is 8.66. The minimum Gasteiger partial charge on any atom is -0.481 e. The van der Waals surface area contributed by atoms with Gasteiger partial charge in [0, 0.05) is 39.3 Å². The second-order valence-electron chi connectivity index (χ2n) is 6.42. The smallest absolute Gasteiger partial charge is 0.304 e. The number of piperazine rings is 1. The Morgan fingerprint density at radius 2 is 1.84 bits per heavy atom. The minimum absolute atomic E-state index is 0.278. The summed E-state index contributed by atoms with van der Waals surface area (Å²) < 4.78 is 0. The van der Waals surface area contributed by atoms with Crippen molar-refractivity contribution in [2.45, 2.75) is 39.0 Å². The van der Waals surface area contributed by atoms with Crippen LogP contribution >= 0.6 is 0 Å². The zero-order valence-corrected chi connectivity index (χ0v) is 12.2. The minimum atomic E-state index is -0.682. The van der Waals surface area contributed by atoms with Crippen molar-refractivity contribution in [2.75, 3.05) is 39.3 Å².